The van der Waals surface area contributed by atoms with Crippen LogP contribution in [0.1, 0.15) is 48.9 Å². The minimum Gasteiger partial charge on any atom is -0.496 e. The summed E-state index contributed by atoms with van der Waals surface area (Å²) in [4.78, 5) is 17.5. The van der Waals surface area contributed by atoms with E-state index in [2.05, 4.69) is 64.2 Å². The molecular weight excluding hydrogens is 462 g/mol. The van der Waals surface area contributed by atoms with Gasteiger partial charge in [-0.1, -0.05) is 18.2 Å². The molecule has 0 amide bonds. The summed E-state index contributed by atoms with van der Waals surface area (Å²) in [6.07, 6.45) is 4.62. The van der Waals surface area contributed by atoms with E-state index in [4.69, 9.17) is 19.4 Å². The molecule has 1 saturated carbocycles. The molecule has 3 aromatic rings. The van der Waals surface area contributed by atoms with Gasteiger partial charge >= 0.3 is 0 Å². The molecule has 0 radical (unpaired) electrons. The number of fused-ring (bicyclic) bond motifs is 1. The first-order valence-electron chi connectivity index (χ1n) is 13.9. The minimum atomic E-state index is 0.519. The lowest BCUT2D eigenvalue weighted by Crippen LogP contribution is -2.40. The highest BCUT2D eigenvalue weighted by Gasteiger charge is 2.30. The number of likely N-dealkylation sites (N-methyl/N-ethyl adjacent to an activating group) is 1. The molecule has 2 saturated heterocycles. The number of aromatic nitrogens is 2. The molecule has 1 aliphatic carbocycles. The fourth-order valence-electron chi connectivity index (χ4n) is 5.77. The number of rotatable bonds is 8. The zero-order chi connectivity index (χ0) is 25.2. The predicted octanol–water partition coefficient (Wildman–Crippen LogP) is 4.67. The molecule has 2 aliphatic heterocycles. The van der Waals surface area contributed by atoms with Crippen LogP contribution in [-0.2, 0) is 4.74 Å². The second kappa shape index (κ2) is 10.8. The molecule has 3 fully saturated rings. The van der Waals surface area contributed by atoms with E-state index in [-0.39, 0.29) is 0 Å². The predicted molar refractivity (Wildman–Crippen MR) is 149 cm³/mol. The summed E-state index contributed by atoms with van der Waals surface area (Å²) in [5, 5.41) is 1.18. The first-order valence-corrected chi connectivity index (χ1v) is 13.9. The number of benzene rings is 2. The first kappa shape index (κ1) is 24.4. The van der Waals surface area contributed by atoms with E-state index in [0.29, 0.717) is 11.8 Å². The van der Waals surface area contributed by atoms with Crippen LogP contribution in [0.2, 0.25) is 0 Å². The average molecular weight is 502 g/mol. The molecule has 37 heavy (non-hydrogen) atoms. The third-order valence-corrected chi connectivity index (χ3v) is 8.29. The summed E-state index contributed by atoms with van der Waals surface area (Å²) >= 11 is 0. The van der Waals surface area contributed by atoms with E-state index < -0.39 is 0 Å². The number of methoxy groups -OCH3 is 1. The molecule has 0 bridgehead atoms. The maximum absolute atomic E-state index is 5.66. The highest BCUT2D eigenvalue weighted by atomic mass is 16.5. The van der Waals surface area contributed by atoms with Crippen LogP contribution in [0.3, 0.4) is 0 Å². The second-order valence-electron chi connectivity index (χ2n) is 10.8. The number of hydrogen-bond acceptors (Lipinski definition) is 7. The highest BCUT2D eigenvalue weighted by Crippen LogP contribution is 2.41. The molecule has 0 spiro atoms. The zero-order valence-electron chi connectivity index (χ0n) is 22.2. The largest absolute Gasteiger partial charge is 0.496 e. The van der Waals surface area contributed by atoms with Crippen molar-refractivity contribution in [2.45, 2.75) is 37.5 Å². The SMILES string of the molecule is COc1ccccc1C1CCN(c2nc(C3CC3)nc3ccc(N(C)CCN4CCOCC4)cc23)CC1. The lowest BCUT2D eigenvalue weighted by molar-refractivity contribution is 0.0393. The van der Waals surface area contributed by atoms with Crippen molar-refractivity contribution in [3.63, 3.8) is 0 Å². The van der Waals surface area contributed by atoms with Gasteiger partial charge in [-0.25, -0.2) is 9.97 Å². The van der Waals surface area contributed by atoms with Crippen molar-refractivity contribution in [1.82, 2.24) is 14.9 Å². The number of nitrogens with zero attached hydrogens (tertiary/aromatic N) is 5. The van der Waals surface area contributed by atoms with Crippen molar-refractivity contribution in [2.24, 2.45) is 0 Å². The van der Waals surface area contributed by atoms with E-state index in [1.54, 1.807) is 7.11 Å². The smallest absolute Gasteiger partial charge is 0.140 e. The van der Waals surface area contributed by atoms with Gasteiger partial charge in [0.1, 0.15) is 17.4 Å². The second-order valence-corrected chi connectivity index (χ2v) is 10.8. The van der Waals surface area contributed by atoms with Crippen molar-refractivity contribution in [1.29, 1.82) is 0 Å². The normalized spacial score (nSPS) is 19.4. The van der Waals surface area contributed by atoms with Gasteiger partial charge in [0.15, 0.2) is 0 Å². The Morgan fingerprint density at radius 2 is 1.73 bits per heavy atom. The van der Waals surface area contributed by atoms with Crippen LogP contribution in [0.15, 0.2) is 42.5 Å². The van der Waals surface area contributed by atoms with E-state index in [1.165, 1.54) is 29.5 Å². The van der Waals surface area contributed by atoms with Crippen LogP contribution < -0.4 is 14.5 Å². The minimum absolute atomic E-state index is 0.519. The van der Waals surface area contributed by atoms with Crippen LogP contribution in [0.4, 0.5) is 11.5 Å². The van der Waals surface area contributed by atoms with Crippen LogP contribution in [-0.4, -0.2) is 81.5 Å². The zero-order valence-corrected chi connectivity index (χ0v) is 22.2. The Morgan fingerprint density at radius 1 is 0.946 bits per heavy atom. The van der Waals surface area contributed by atoms with Gasteiger partial charge in [-0.05, 0) is 61.4 Å². The summed E-state index contributed by atoms with van der Waals surface area (Å²) in [6.45, 7) is 7.78. The molecule has 7 heteroatoms. The van der Waals surface area contributed by atoms with Crippen molar-refractivity contribution in [3.8, 4) is 5.75 Å². The average Bonchev–Trinajstić information content (AvgIpc) is 3.81. The van der Waals surface area contributed by atoms with E-state index in [9.17, 15) is 0 Å². The highest BCUT2D eigenvalue weighted by molar-refractivity contribution is 5.92. The van der Waals surface area contributed by atoms with Crippen LogP contribution in [0.5, 0.6) is 5.75 Å². The Balaban J connectivity index is 1.23. The van der Waals surface area contributed by atoms with Gasteiger partial charge in [-0.15, -0.1) is 0 Å². The van der Waals surface area contributed by atoms with Crippen LogP contribution >= 0.6 is 0 Å². The molecule has 7 nitrogen and oxygen atoms in total. The van der Waals surface area contributed by atoms with Gasteiger partial charge < -0.3 is 19.3 Å². The molecular formula is C30H39N5O2. The molecule has 0 unspecified atom stereocenters. The van der Waals surface area contributed by atoms with E-state index in [1.807, 2.05) is 0 Å². The molecule has 196 valence electrons. The van der Waals surface area contributed by atoms with E-state index >= 15 is 0 Å². The number of hydrogen-bond donors (Lipinski definition) is 0. The lowest BCUT2D eigenvalue weighted by Gasteiger charge is -2.34. The van der Waals surface area contributed by atoms with Crippen molar-refractivity contribution in [3.05, 3.63) is 53.9 Å². The quantitative estimate of drug-likeness (QED) is 0.445. The van der Waals surface area contributed by atoms with Crippen molar-refractivity contribution < 1.29 is 9.47 Å². The van der Waals surface area contributed by atoms with Gasteiger partial charge in [0, 0.05) is 63.3 Å². The lowest BCUT2D eigenvalue weighted by atomic mass is 9.88. The standard InChI is InChI=1S/C30H39N5O2/c1-33(15-16-34-17-19-37-20-18-34)24-9-10-27-26(21-24)30(32-29(31-27)23-7-8-23)35-13-11-22(12-14-35)25-5-3-4-6-28(25)36-2/h3-6,9-10,21-23H,7-8,11-20H2,1-2H3. The number of morpholine rings is 1. The number of piperidine rings is 1. The van der Waals surface area contributed by atoms with Crippen LogP contribution in [0, 0.1) is 0 Å². The number of para-hydroxylation sites is 1. The molecule has 3 heterocycles. The van der Waals surface area contributed by atoms with Crippen LogP contribution in [0.25, 0.3) is 10.9 Å². The number of ether oxygens (including phenoxy) is 2. The Labute approximate surface area is 220 Å². The fourth-order valence-corrected chi connectivity index (χ4v) is 5.77. The third kappa shape index (κ3) is 5.39. The Bertz CT molecular complexity index is 1220. The van der Waals surface area contributed by atoms with Gasteiger partial charge in [-0.3, -0.25) is 4.90 Å². The fraction of sp³-hybridized carbons (Fsp3) is 0.533. The maximum Gasteiger partial charge on any atom is 0.140 e. The summed E-state index contributed by atoms with van der Waals surface area (Å²) in [7, 11) is 3.97. The Kier molecular flexibility index (Phi) is 7.16. The van der Waals surface area contributed by atoms with Gasteiger partial charge in [-0.2, -0.15) is 0 Å². The van der Waals surface area contributed by atoms with E-state index in [0.717, 1.165) is 88.2 Å². The summed E-state index contributed by atoms with van der Waals surface area (Å²) in [6, 6.07) is 15.2. The molecule has 0 N–H and O–H groups in total. The van der Waals surface area contributed by atoms with Gasteiger partial charge in [0.25, 0.3) is 0 Å². The molecule has 2 aromatic carbocycles. The third-order valence-electron chi connectivity index (χ3n) is 8.29. The topological polar surface area (TPSA) is 54.0 Å². The van der Waals surface area contributed by atoms with Gasteiger partial charge in [0.05, 0.1) is 25.8 Å². The number of anilines is 2. The maximum atomic E-state index is 5.66. The molecule has 1 aromatic heterocycles. The van der Waals surface area contributed by atoms with Crippen molar-refractivity contribution >= 4 is 22.4 Å². The Morgan fingerprint density at radius 3 is 2.49 bits per heavy atom. The Hall–Kier alpha value is -2.90. The van der Waals surface area contributed by atoms with Gasteiger partial charge in [0.2, 0.25) is 0 Å². The summed E-state index contributed by atoms with van der Waals surface area (Å²) in [5.74, 6) is 4.21. The van der Waals surface area contributed by atoms with Crippen molar-refractivity contribution in [2.75, 3.05) is 76.4 Å². The summed E-state index contributed by atoms with van der Waals surface area (Å²) in [5.41, 5.74) is 3.64. The summed E-state index contributed by atoms with van der Waals surface area (Å²) < 4.78 is 11.2. The monoisotopic (exact) mass is 501 g/mol. The molecule has 3 aliphatic rings. The molecule has 0 atom stereocenters. The molecule has 6 rings (SSSR count). The first-order chi connectivity index (χ1) is 18.2.